The first-order valence-corrected chi connectivity index (χ1v) is 6.74. The minimum Gasteiger partial charge on any atom is -0.484 e. The number of alkyl halides is 3. The Morgan fingerprint density at radius 1 is 1.43 bits per heavy atom. The fourth-order valence-corrected chi connectivity index (χ4v) is 2.01. The Morgan fingerprint density at radius 2 is 2.24 bits per heavy atom. The highest BCUT2D eigenvalue weighted by atomic mass is 32.2. The molecule has 2 rings (SSSR count). The molecule has 0 spiro atoms. The number of halogens is 3. The standard InChI is InChI=1S/C12H10F3N3O2S/c13-12(14,15)7-20-9-3-1-2-8(4-9)5-16-18-11-17-10(19)6-21-11/h1-5H,6-7H2,(H,17,18,19). The van der Waals surface area contributed by atoms with Gasteiger partial charge < -0.3 is 10.1 Å². The number of hydrogen-bond donors (Lipinski definition) is 1. The Morgan fingerprint density at radius 3 is 2.90 bits per heavy atom. The van der Waals surface area contributed by atoms with Crippen molar-refractivity contribution < 1.29 is 22.7 Å². The smallest absolute Gasteiger partial charge is 0.422 e. The van der Waals surface area contributed by atoms with Crippen molar-refractivity contribution in [1.82, 2.24) is 5.32 Å². The van der Waals surface area contributed by atoms with Crippen LogP contribution in [0.25, 0.3) is 0 Å². The van der Waals surface area contributed by atoms with Crippen molar-refractivity contribution in [2.75, 3.05) is 12.4 Å². The topological polar surface area (TPSA) is 63.0 Å². The molecule has 112 valence electrons. The Hall–Kier alpha value is -2.03. The van der Waals surface area contributed by atoms with Gasteiger partial charge in [0.15, 0.2) is 11.8 Å². The summed E-state index contributed by atoms with van der Waals surface area (Å²) < 4.78 is 40.8. The van der Waals surface area contributed by atoms with Gasteiger partial charge in [0.2, 0.25) is 5.91 Å². The fourth-order valence-electron chi connectivity index (χ4n) is 1.38. The summed E-state index contributed by atoms with van der Waals surface area (Å²) in [6, 6.07) is 6.02. The van der Waals surface area contributed by atoms with Gasteiger partial charge in [0.05, 0.1) is 12.0 Å². The van der Waals surface area contributed by atoms with Crippen molar-refractivity contribution in [1.29, 1.82) is 0 Å². The highest BCUT2D eigenvalue weighted by molar-refractivity contribution is 8.15. The first-order chi connectivity index (χ1) is 9.92. The number of ether oxygens (including phenoxy) is 1. The summed E-state index contributed by atoms with van der Waals surface area (Å²) in [7, 11) is 0. The SMILES string of the molecule is O=C1CSC(=NN=Cc2cccc(OCC(F)(F)F)c2)N1. The molecule has 0 unspecified atom stereocenters. The molecular weight excluding hydrogens is 307 g/mol. The van der Waals surface area contributed by atoms with Crippen LogP contribution < -0.4 is 10.1 Å². The molecule has 0 radical (unpaired) electrons. The van der Waals surface area contributed by atoms with Crippen LogP contribution >= 0.6 is 11.8 Å². The average molecular weight is 317 g/mol. The quantitative estimate of drug-likeness (QED) is 0.684. The number of carbonyl (C=O) groups excluding carboxylic acids is 1. The lowest BCUT2D eigenvalue weighted by Gasteiger charge is -2.09. The summed E-state index contributed by atoms with van der Waals surface area (Å²) in [4.78, 5) is 10.9. The number of nitrogens with one attached hydrogen (secondary N) is 1. The van der Waals surface area contributed by atoms with Gasteiger partial charge in [-0.1, -0.05) is 23.9 Å². The maximum Gasteiger partial charge on any atom is 0.422 e. The Balaban J connectivity index is 1.96. The van der Waals surface area contributed by atoms with E-state index in [1.807, 2.05) is 0 Å². The van der Waals surface area contributed by atoms with Crippen LogP contribution in [0.5, 0.6) is 5.75 Å². The third-order valence-electron chi connectivity index (χ3n) is 2.20. The number of hydrogen-bond acceptors (Lipinski definition) is 5. The summed E-state index contributed by atoms with van der Waals surface area (Å²) in [5.74, 6) is 0.249. The normalized spacial score (nSPS) is 17.5. The van der Waals surface area contributed by atoms with Gasteiger partial charge in [0.25, 0.3) is 0 Å². The Bertz CT molecular complexity index is 587. The van der Waals surface area contributed by atoms with E-state index in [2.05, 4.69) is 20.3 Å². The lowest BCUT2D eigenvalue weighted by Crippen LogP contribution is -2.19. The summed E-state index contributed by atoms with van der Waals surface area (Å²) in [6.07, 6.45) is -3.02. The predicted molar refractivity (Wildman–Crippen MR) is 73.6 cm³/mol. The molecule has 1 aromatic carbocycles. The third-order valence-corrected chi connectivity index (χ3v) is 3.07. The molecule has 1 aliphatic rings. The molecule has 9 heteroatoms. The van der Waals surface area contributed by atoms with Gasteiger partial charge in [-0.25, -0.2) is 0 Å². The van der Waals surface area contributed by atoms with Gasteiger partial charge in [-0.3, -0.25) is 4.79 Å². The zero-order chi connectivity index (χ0) is 15.3. The molecule has 1 N–H and O–H groups in total. The second-order valence-electron chi connectivity index (χ2n) is 3.96. The molecule has 0 aliphatic carbocycles. The van der Waals surface area contributed by atoms with E-state index in [4.69, 9.17) is 0 Å². The van der Waals surface area contributed by atoms with Crippen molar-refractivity contribution >= 4 is 29.1 Å². The monoisotopic (exact) mass is 317 g/mol. The molecule has 0 atom stereocenters. The van der Waals surface area contributed by atoms with E-state index >= 15 is 0 Å². The fraction of sp³-hybridized carbons (Fsp3) is 0.250. The molecule has 1 amide bonds. The second-order valence-corrected chi connectivity index (χ2v) is 4.93. The summed E-state index contributed by atoms with van der Waals surface area (Å²) in [5, 5.41) is 10.4. The Kier molecular flexibility index (Phi) is 4.84. The molecule has 21 heavy (non-hydrogen) atoms. The zero-order valence-electron chi connectivity index (χ0n) is 10.6. The number of benzene rings is 1. The van der Waals surface area contributed by atoms with E-state index in [1.54, 1.807) is 12.1 Å². The summed E-state index contributed by atoms with van der Waals surface area (Å²) in [5.41, 5.74) is 0.536. The highest BCUT2D eigenvalue weighted by Gasteiger charge is 2.28. The molecule has 1 aromatic rings. The number of amidine groups is 1. The lowest BCUT2D eigenvalue weighted by atomic mass is 10.2. The molecule has 0 saturated carbocycles. The zero-order valence-corrected chi connectivity index (χ0v) is 11.4. The number of thioether (sulfide) groups is 1. The van der Waals surface area contributed by atoms with Crippen LogP contribution in [0.2, 0.25) is 0 Å². The van der Waals surface area contributed by atoms with Gasteiger partial charge in [-0.05, 0) is 17.7 Å². The van der Waals surface area contributed by atoms with Gasteiger partial charge in [-0.2, -0.15) is 18.3 Å². The van der Waals surface area contributed by atoms with Crippen molar-refractivity contribution in [2.24, 2.45) is 10.2 Å². The number of carbonyl (C=O) groups is 1. The largest absolute Gasteiger partial charge is 0.484 e. The molecule has 1 saturated heterocycles. The number of rotatable bonds is 4. The molecule has 0 aromatic heterocycles. The lowest BCUT2D eigenvalue weighted by molar-refractivity contribution is -0.153. The molecule has 5 nitrogen and oxygen atoms in total. The van der Waals surface area contributed by atoms with Gasteiger partial charge in [0.1, 0.15) is 5.75 Å². The van der Waals surface area contributed by atoms with E-state index in [-0.39, 0.29) is 11.7 Å². The third kappa shape index (κ3) is 5.46. The van der Waals surface area contributed by atoms with E-state index in [0.717, 1.165) is 0 Å². The van der Waals surface area contributed by atoms with Crippen LogP contribution in [0.3, 0.4) is 0 Å². The van der Waals surface area contributed by atoms with E-state index in [0.29, 0.717) is 16.5 Å². The summed E-state index contributed by atoms with van der Waals surface area (Å²) in [6.45, 7) is -1.35. The van der Waals surface area contributed by atoms with Gasteiger partial charge in [-0.15, -0.1) is 5.10 Å². The highest BCUT2D eigenvalue weighted by Crippen LogP contribution is 2.19. The van der Waals surface area contributed by atoms with Crippen LogP contribution in [0, 0.1) is 0 Å². The van der Waals surface area contributed by atoms with E-state index < -0.39 is 12.8 Å². The van der Waals surface area contributed by atoms with Crippen LogP contribution in [0.15, 0.2) is 34.5 Å². The van der Waals surface area contributed by atoms with Gasteiger partial charge >= 0.3 is 6.18 Å². The van der Waals surface area contributed by atoms with Crippen molar-refractivity contribution in [2.45, 2.75) is 6.18 Å². The maximum absolute atomic E-state index is 12.0. The molecule has 1 fully saturated rings. The van der Waals surface area contributed by atoms with Crippen LogP contribution in [-0.2, 0) is 4.79 Å². The molecule has 1 aliphatic heterocycles. The molecule has 0 bridgehead atoms. The van der Waals surface area contributed by atoms with Crippen LogP contribution in [-0.4, -0.2) is 35.8 Å². The van der Waals surface area contributed by atoms with Crippen molar-refractivity contribution in [3.05, 3.63) is 29.8 Å². The van der Waals surface area contributed by atoms with Crippen molar-refractivity contribution in [3.63, 3.8) is 0 Å². The van der Waals surface area contributed by atoms with E-state index in [9.17, 15) is 18.0 Å². The maximum atomic E-state index is 12.0. The Labute approximate surface area is 122 Å². The van der Waals surface area contributed by atoms with E-state index in [1.165, 1.54) is 30.1 Å². The number of amides is 1. The van der Waals surface area contributed by atoms with Crippen molar-refractivity contribution in [3.8, 4) is 5.75 Å². The second kappa shape index (κ2) is 6.61. The van der Waals surface area contributed by atoms with Gasteiger partial charge in [0, 0.05) is 0 Å². The number of nitrogens with zero attached hydrogens (tertiary/aromatic N) is 2. The van der Waals surface area contributed by atoms with Crippen LogP contribution in [0.4, 0.5) is 13.2 Å². The molecule has 1 heterocycles. The molecular formula is C12H10F3N3O2S. The minimum absolute atomic E-state index is 0.0903. The average Bonchev–Trinajstić information content (AvgIpc) is 2.82. The first-order valence-electron chi connectivity index (χ1n) is 5.76. The first kappa shape index (κ1) is 15.4. The van der Waals surface area contributed by atoms with Crippen LogP contribution in [0.1, 0.15) is 5.56 Å². The summed E-state index contributed by atoms with van der Waals surface area (Å²) >= 11 is 1.23. The predicted octanol–water partition coefficient (Wildman–Crippen LogP) is 2.18. The minimum atomic E-state index is -4.38.